The lowest BCUT2D eigenvalue weighted by atomic mass is 9.88. The van der Waals surface area contributed by atoms with Crippen LogP contribution in [0.3, 0.4) is 0 Å². The van der Waals surface area contributed by atoms with Crippen LogP contribution < -0.4 is 15.1 Å². The minimum Gasteiger partial charge on any atom is -0.368 e. The largest absolute Gasteiger partial charge is 0.368 e. The lowest BCUT2D eigenvalue weighted by molar-refractivity contribution is -0.128. The van der Waals surface area contributed by atoms with Gasteiger partial charge in [0.1, 0.15) is 5.82 Å². The standard InChI is InChI=1S/C32H42N8O/c1-3-30(41)40-20-19-38(22-26(40)12-15-33)31-27-11-10-25(39-16-6-8-23-7-4-5-9-29(23)39)21-28(27)35-32(36-31)34-24-13-17-37(2)18-14-24/h3-5,7,9,24-26H,1,6,8,10-14,16-22H2,2H3,(H,34,35,36)/t25?,26-/m0/s1. The average molecular weight is 555 g/mol. The first kappa shape index (κ1) is 27.5. The van der Waals surface area contributed by atoms with E-state index >= 15 is 0 Å². The Morgan fingerprint density at radius 2 is 1.95 bits per heavy atom. The molecule has 2 fully saturated rings. The van der Waals surface area contributed by atoms with Gasteiger partial charge in [0.15, 0.2) is 0 Å². The van der Waals surface area contributed by atoms with Gasteiger partial charge in [-0.15, -0.1) is 0 Å². The molecule has 2 saturated heterocycles. The molecule has 0 radical (unpaired) electrons. The van der Waals surface area contributed by atoms with Gasteiger partial charge >= 0.3 is 0 Å². The Bertz CT molecular complexity index is 1310. The maximum Gasteiger partial charge on any atom is 0.246 e. The van der Waals surface area contributed by atoms with Gasteiger partial charge in [0.25, 0.3) is 0 Å². The van der Waals surface area contributed by atoms with Crippen molar-refractivity contribution in [2.45, 2.75) is 69.5 Å². The Labute approximate surface area is 243 Å². The predicted molar refractivity (Wildman–Crippen MR) is 162 cm³/mol. The van der Waals surface area contributed by atoms with Crippen molar-refractivity contribution in [2.75, 3.05) is 61.4 Å². The Balaban J connectivity index is 1.30. The van der Waals surface area contributed by atoms with Crippen LogP contribution in [0.25, 0.3) is 0 Å². The molecular formula is C32H42N8O. The lowest BCUT2D eigenvalue weighted by Gasteiger charge is -2.43. The number of nitrogens with zero attached hydrogens (tertiary/aromatic N) is 7. The molecule has 41 heavy (non-hydrogen) atoms. The molecule has 1 unspecified atom stereocenters. The molecule has 1 aromatic carbocycles. The van der Waals surface area contributed by atoms with E-state index in [-0.39, 0.29) is 11.9 Å². The van der Waals surface area contributed by atoms with Crippen LogP contribution in [0.4, 0.5) is 17.5 Å². The van der Waals surface area contributed by atoms with Crippen LogP contribution in [0.2, 0.25) is 0 Å². The normalized spacial score (nSPS) is 23.4. The number of para-hydroxylation sites is 1. The number of benzene rings is 1. The molecule has 9 nitrogen and oxygen atoms in total. The van der Waals surface area contributed by atoms with Crippen LogP contribution in [0.15, 0.2) is 36.9 Å². The highest BCUT2D eigenvalue weighted by Crippen LogP contribution is 2.36. The molecule has 0 spiro atoms. The lowest BCUT2D eigenvalue weighted by Crippen LogP contribution is -2.55. The maximum atomic E-state index is 12.5. The van der Waals surface area contributed by atoms with Gasteiger partial charge in [0.2, 0.25) is 11.9 Å². The van der Waals surface area contributed by atoms with Gasteiger partial charge in [0.05, 0.1) is 24.2 Å². The van der Waals surface area contributed by atoms with E-state index in [0.717, 1.165) is 75.6 Å². The molecule has 4 heterocycles. The van der Waals surface area contributed by atoms with E-state index in [1.54, 1.807) is 4.90 Å². The smallest absolute Gasteiger partial charge is 0.246 e. The zero-order valence-electron chi connectivity index (χ0n) is 24.3. The minimum absolute atomic E-state index is 0.108. The number of amides is 1. The summed E-state index contributed by atoms with van der Waals surface area (Å²) in [6, 6.07) is 11.7. The SMILES string of the molecule is C=CC(=O)N1CCN(c2nc(NC3CCN(C)CC3)nc3c2CCC(N2CCCc4ccccc42)C3)C[C@@H]1CC#N. The van der Waals surface area contributed by atoms with E-state index in [9.17, 15) is 10.1 Å². The highest BCUT2D eigenvalue weighted by molar-refractivity contribution is 5.87. The number of piperazine rings is 1. The number of hydrogen-bond donors (Lipinski definition) is 1. The highest BCUT2D eigenvalue weighted by Gasteiger charge is 2.35. The fraction of sp³-hybridized carbons (Fsp3) is 0.562. The summed E-state index contributed by atoms with van der Waals surface area (Å²) in [5.74, 6) is 1.59. The second kappa shape index (κ2) is 12.1. The number of hydrogen-bond acceptors (Lipinski definition) is 8. The first-order valence-corrected chi connectivity index (χ1v) is 15.3. The van der Waals surface area contributed by atoms with Crippen LogP contribution in [-0.2, 0) is 24.1 Å². The van der Waals surface area contributed by atoms with Crippen LogP contribution in [0.1, 0.15) is 48.9 Å². The Morgan fingerprint density at radius 1 is 1.12 bits per heavy atom. The predicted octanol–water partition coefficient (Wildman–Crippen LogP) is 3.41. The zero-order chi connectivity index (χ0) is 28.3. The summed E-state index contributed by atoms with van der Waals surface area (Å²) in [6.07, 6.45) is 9.03. The molecule has 0 saturated carbocycles. The third kappa shape index (κ3) is 5.76. The molecule has 4 aliphatic rings. The fourth-order valence-electron chi connectivity index (χ4n) is 7.18. The molecule has 1 aliphatic carbocycles. The number of aromatic nitrogens is 2. The summed E-state index contributed by atoms with van der Waals surface area (Å²) in [5.41, 5.74) is 5.22. The molecule has 9 heteroatoms. The van der Waals surface area contributed by atoms with Crippen LogP contribution in [0.5, 0.6) is 0 Å². The molecule has 0 bridgehead atoms. The van der Waals surface area contributed by atoms with E-state index in [1.807, 2.05) is 0 Å². The van der Waals surface area contributed by atoms with Crippen molar-refractivity contribution in [1.82, 2.24) is 19.8 Å². The minimum atomic E-state index is -0.184. The number of aryl methyl sites for hydroxylation is 1. The summed E-state index contributed by atoms with van der Waals surface area (Å²) < 4.78 is 0. The van der Waals surface area contributed by atoms with Crippen molar-refractivity contribution >= 4 is 23.4 Å². The van der Waals surface area contributed by atoms with Crippen LogP contribution in [-0.4, -0.2) is 90.1 Å². The number of anilines is 3. The molecule has 2 aromatic rings. The van der Waals surface area contributed by atoms with Gasteiger partial charge in [-0.3, -0.25) is 4.79 Å². The van der Waals surface area contributed by atoms with Gasteiger partial charge in [-0.25, -0.2) is 4.98 Å². The Hall–Kier alpha value is -3.64. The topological polar surface area (TPSA) is 91.6 Å². The first-order valence-electron chi connectivity index (χ1n) is 15.3. The molecule has 3 aliphatic heterocycles. The number of rotatable bonds is 6. The number of fused-ring (bicyclic) bond motifs is 2. The van der Waals surface area contributed by atoms with Gasteiger partial charge in [-0.05, 0) is 76.4 Å². The average Bonchev–Trinajstić information content (AvgIpc) is 3.01. The van der Waals surface area contributed by atoms with Crippen molar-refractivity contribution < 1.29 is 4.79 Å². The number of nitriles is 1. The Kier molecular flexibility index (Phi) is 8.11. The van der Waals surface area contributed by atoms with Crippen LogP contribution >= 0.6 is 0 Å². The van der Waals surface area contributed by atoms with Crippen molar-refractivity contribution in [3.05, 3.63) is 53.7 Å². The fourth-order valence-corrected chi connectivity index (χ4v) is 7.18. The van der Waals surface area contributed by atoms with Gasteiger partial charge in [-0.1, -0.05) is 24.8 Å². The monoisotopic (exact) mass is 554 g/mol. The van der Waals surface area contributed by atoms with Gasteiger partial charge in [-0.2, -0.15) is 10.2 Å². The molecule has 216 valence electrons. The number of carbonyl (C=O) groups is 1. The van der Waals surface area contributed by atoms with E-state index in [2.05, 4.69) is 64.0 Å². The van der Waals surface area contributed by atoms with Crippen molar-refractivity contribution in [3.63, 3.8) is 0 Å². The number of likely N-dealkylation sites (tertiary alicyclic amines) is 1. The number of nitrogens with one attached hydrogen (secondary N) is 1. The quantitative estimate of drug-likeness (QED) is 0.544. The number of carbonyl (C=O) groups excluding carboxylic acids is 1. The molecule has 1 aromatic heterocycles. The van der Waals surface area contributed by atoms with E-state index in [1.165, 1.54) is 29.3 Å². The highest BCUT2D eigenvalue weighted by atomic mass is 16.2. The summed E-state index contributed by atoms with van der Waals surface area (Å²) >= 11 is 0. The first-order chi connectivity index (χ1) is 20.0. The summed E-state index contributed by atoms with van der Waals surface area (Å²) in [5, 5.41) is 13.2. The number of piperidine rings is 1. The summed E-state index contributed by atoms with van der Waals surface area (Å²) in [7, 11) is 2.18. The van der Waals surface area contributed by atoms with Crippen LogP contribution in [0, 0.1) is 11.3 Å². The maximum absolute atomic E-state index is 12.5. The molecular weight excluding hydrogens is 512 g/mol. The molecule has 6 rings (SSSR count). The van der Waals surface area contributed by atoms with E-state index < -0.39 is 0 Å². The van der Waals surface area contributed by atoms with E-state index in [0.29, 0.717) is 38.1 Å². The second-order valence-corrected chi connectivity index (χ2v) is 12.0. The van der Waals surface area contributed by atoms with Gasteiger partial charge < -0.3 is 24.9 Å². The van der Waals surface area contributed by atoms with Crippen molar-refractivity contribution in [3.8, 4) is 6.07 Å². The molecule has 2 atom stereocenters. The Morgan fingerprint density at radius 3 is 2.76 bits per heavy atom. The molecule has 1 N–H and O–H groups in total. The molecule has 1 amide bonds. The summed E-state index contributed by atoms with van der Waals surface area (Å²) in [4.78, 5) is 31.9. The van der Waals surface area contributed by atoms with Gasteiger partial charge in [0, 0.05) is 55.9 Å². The van der Waals surface area contributed by atoms with E-state index in [4.69, 9.17) is 9.97 Å². The zero-order valence-corrected chi connectivity index (χ0v) is 24.3. The third-order valence-electron chi connectivity index (χ3n) is 9.43. The summed E-state index contributed by atoms with van der Waals surface area (Å²) in [6.45, 7) is 8.73. The van der Waals surface area contributed by atoms with Crippen molar-refractivity contribution in [1.29, 1.82) is 5.26 Å². The van der Waals surface area contributed by atoms with Crippen molar-refractivity contribution in [2.24, 2.45) is 0 Å². The second-order valence-electron chi connectivity index (χ2n) is 12.0. The third-order valence-corrected chi connectivity index (χ3v) is 9.43.